The summed E-state index contributed by atoms with van der Waals surface area (Å²) in [5.41, 5.74) is 5.04. The largest absolute Gasteiger partial charge is 0.495 e. The molecule has 2 aliphatic heterocycles. The van der Waals surface area contributed by atoms with Crippen LogP contribution in [0.2, 0.25) is 5.02 Å². The zero-order valence-corrected chi connectivity index (χ0v) is 24.3. The van der Waals surface area contributed by atoms with E-state index in [1.54, 1.807) is 14.2 Å². The Kier molecular flexibility index (Phi) is 10.2. The number of ether oxygens (including phenoxy) is 3. The van der Waals surface area contributed by atoms with E-state index in [0.29, 0.717) is 30.3 Å². The van der Waals surface area contributed by atoms with Gasteiger partial charge in [-0.05, 0) is 75.0 Å². The van der Waals surface area contributed by atoms with Crippen molar-refractivity contribution in [2.45, 2.75) is 51.3 Å². The first-order chi connectivity index (χ1) is 18.3. The normalized spacial score (nSPS) is 20.9. The van der Waals surface area contributed by atoms with Crippen LogP contribution in [-0.4, -0.2) is 94.3 Å². The Morgan fingerprint density at radius 2 is 1.89 bits per heavy atom. The van der Waals surface area contributed by atoms with Gasteiger partial charge in [0.2, 0.25) is 0 Å². The van der Waals surface area contributed by atoms with Gasteiger partial charge in [-0.2, -0.15) is 0 Å². The van der Waals surface area contributed by atoms with Crippen molar-refractivity contribution in [3.05, 3.63) is 52.0 Å². The first kappa shape index (κ1) is 29.0. The summed E-state index contributed by atoms with van der Waals surface area (Å²) in [6, 6.07) is 11.4. The molecule has 0 aliphatic carbocycles. The average Bonchev–Trinajstić information content (AvgIpc) is 2.92. The van der Waals surface area contributed by atoms with Crippen molar-refractivity contribution in [1.29, 1.82) is 0 Å². The van der Waals surface area contributed by atoms with Gasteiger partial charge in [0.05, 0.1) is 18.7 Å². The summed E-state index contributed by atoms with van der Waals surface area (Å²) in [6.45, 7) is 9.63. The molecular weight excluding hydrogens is 502 g/mol. The van der Waals surface area contributed by atoms with Crippen molar-refractivity contribution < 1.29 is 19.3 Å². The Morgan fingerprint density at radius 3 is 2.66 bits per heavy atom. The lowest BCUT2D eigenvalue weighted by Gasteiger charge is -2.49. The van der Waals surface area contributed by atoms with Crippen molar-refractivity contribution >= 4 is 17.3 Å². The third kappa shape index (κ3) is 6.75. The minimum atomic E-state index is -0.549. The number of halogens is 1. The summed E-state index contributed by atoms with van der Waals surface area (Å²) < 4.78 is 16.6. The monoisotopic (exact) mass is 545 g/mol. The van der Waals surface area contributed by atoms with Crippen LogP contribution >= 0.6 is 11.6 Å². The highest BCUT2D eigenvalue weighted by Crippen LogP contribution is 2.40. The maximum Gasteiger partial charge on any atom is 0.139 e. The second kappa shape index (κ2) is 13.4. The van der Waals surface area contributed by atoms with Crippen LogP contribution in [0.3, 0.4) is 0 Å². The van der Waals surface area contributed by atoms with Gasteiger partial charge in [-0.1, -0.05) is 17.7 Å². The van der Waals surface area contributed by atoms with Gasteiger partial charge in [-0.15, -0.1) is 0 Å². The number of likely N-dealkylation sites (N-methyl/N-ethyl adjacent to an activating group) is 1. The number of benzene rings is 2. The van der Waals surface area contributed by atoms with Crippen molar-refractivity contribution in [2.24, 2.45) is 0 Å². The standard InChI is InChI=1S/C30H44ClN3O4/c1-21-22(2)29(38-20-25(35)19-32(3)15-16-36-4)12-10-26(21)28-8-6-7-24-18-33(13-14-34(24)28)23-9-11-27(31)30(17-23)37-5/h9-12,17,24-25,28,35H,6-8,13-16,18-20H2,1-5H3/t24?,25?,28-/m1/s1. The summed E-state index contributed by atoms with van der Waals surface area (Å²) in [5, 5.41) is 11.1. The Labute approximate surface area is 233 Å². The maximum absolute atomic E-state index is 10.4. The highest BCUT2D eigenvalue weighted by atomic mass is 35.5. The molecule has 2 aromatic rings. The van der Waals surface area contributed by atoms with Crippen LogP contribution in [0.1, 0.15) is 42.0 Å². The van der Waals surface area contributed by atoms with E-state index in [1.165, 1.54) is 36.1 Å². The minimum Gasteiger partial charge on any atom is -0.495 e. The van der Waals surface area contributed by atoms with E-state index in [4.69, 9.17) is 25.8 Å². The molecule has 0 bridgehead atoms. The summed E-state index contributed by atoms with van der Waals surface area (Å²) in [4.78, 5) is 7.24. The van der Waals surface area contributed by atoms with Crippen molar-refractivity contribution in [1.82, 2.24) is 9.80 Å². The first-order valence-electron chi connectivity index (χ1n) is 13.7. The molecule has 8 heteroatoms. The minimum absolute atomic E-state index is 0.278. The number of piperazine rings is 1. The van der Waals surface area contributed by atoms with Gasteiger partial charge >= 0.3 is 0 Å². The number of hydrogen-bond acceptors (Lipinski definition) is 7. The Morgan fingerprint density at radius 1 is 1.08 bits per heavy atom. The highest BCUT2D eigenvalue weighted by molar-refractivity contribution is 6.32. The van der Waals surface area contributed by atoms with Crippen molar-refractivity contribution in [2.75, 3.05) is 72.1 Å². The van der Waals surface area contributed by atoms with E-state index in [9.17, 15) is 5.11 Å². The lowest BCUT2D eigenvalue weighted by atomic mass is 9.86. The van der Waals surface area contributed by atoms with Crippen LogP contribution in [-0.2, 0) is 4.74 Å². The van der Waals surface area contributed by atoms with Gasteiger partial charge < -0.3 is 29.1 Å². The fourth-order valence-corrected chi connectivity index (χ4v) is 6.13. The predicted molar refractivity (Wildman–Crippen MR) is 154 cm³/mol. The molecule has 0 spiro atoms. The quantitative estimate of drug-likeness (QED) is 0.439. The third-order valence-corrected chi connectivity index (χ3v) is 8.52. The lowest BCUT2D eigenvalue weighted by Crippen LogP contribution is -2.56. The molecule has 1 N–H and O–H groups in total. The second-order valence-electron chi connectivity index (χ2n) is 10.7. The van der Waals surface area contributed by atoms with Crippen LogP contribution < -0.4 is 14.4 Å². The van der Waals surface area contributed by atoms with Gasteiger partial charge in [-0.3, -0.25) is 4.90 Å². The number of piperidine rings is 1. The summed E-state index contributed by atoms with van der Waals surface area (Å²) in [6.07, 6.45) is 3.07. The summed E-state index contributed by atoms with van der Waals surface area (Å²) >= 11 is 6.26. The van der Waals surface area contributed by atoms with Crippen LogP contribution in [0.15, 0.2) is 30.3 Å². The molecule has 0 saturated carbocycles. The number of methoxy groups -OCH3 is 2. The molecule has 0 amide bonds. The van der Waals surface area contributed by atoms with Crippen LogP contribution in [0.5, 0.6) is 11.5 Å². The van der Waals surface area contributed by atoms with E-state index in [-0.39, 0.29) is 6.61 Å². The van der Waals surface area contributed by atoms with E-state index >= 15 is 0 Å². The van der Waals surface area contributed by atoms with Gasteiger partial charge in [0.15, 0.2) is 0 Å². The number of hydrogen-bond donors (Lipinski definition) is 1. The van der Waals surface area contributed by atoms with Crippen LogP contribution in [0.25, 0.3) is 0 Å². The fraction of sp³-hybridized carbons (Fsp3) is 0.600. The molecule has 210 valence electrons. The molecule has 2 aromatic carbocycles. The molecule has 2 heterocycles. The molecule has 4 rings (SSSR count). The Bertz CT molecular complexity index is 1070. The topological polar surface area (TPSA) is 57.6 Å². The van der Waals surface area contributed by atoms with Gasteiger partial charge in [-0.25, -0.2) is 0 Å². The second-order valence-corrected chi connectivity index (χ2v) is 11.1. The molecular formula is C30H44ClN3O4. The molecule has 7 nitrogen and oxygen atoms in total. The third-order valence-electron chi connectivity index (χ3n) is 8.21. The summed E-state index contributed by atoms with van der Waals surface area (Å²) in [5.74, 6) is 1.59. The predicted octanol–water partition coefficient (Wildman–Crippen LogP) is 4.70. The number of aliphatic hydroxyl groups is 1. The lowest BCUT2D eigenvalue weighted by molar-refractivity contribution is 0.0660. The van der Waals surface area contributed by atoms with E-state index < -0.39 is 6.10 Å². The van der Waals surface area contributed by atoms with Crippen LogP contribution in [0, 0.1) is 13.8 Å². The SMILES string of the molecule is COCCN(C)CC(O)COc1ccc([C@H]2CCCC3CN(c4ccc(Cl)c(OC)c4)CCN32)c(C)c1C. The van der Waals surface area contributed by atoms with Crippen molar-refractivity contribution in [3.8, 4) is 11.5 Å². The number of aliphatic hydroxyl groups excluding tert-OH is 1. The number of rotatable bonds is 11. The van der Waals surface area contributed by atoms with Gasteiger partial charge in [0.1, 0.15) is 24.2 Å². The number of fused-ring (bicyclic) bond motifs is 1. The highest BCUT2D eigenvalue weighted by Gasteiger charge is 2.36. The fourth-order valence-electron chi connectivity index (χ4n) is 5.93. The maximum atomic E-state index is 10.4. The first-order valence-corrected chi connectivity index (χ1v) is 14.1. The molecule has 2 saturated heterocycles. The summed E-state index contributed by atoms with van der Waals surface area (Å²) in [7, 11) is 5.34. The zero-order chi connectivity index (χ0) is 27.2. The molecule has 2 fully saturated rings. The molecule has 0 aromatic heterocycles. The Balaban J connectivity index is 1.40. The van der Waals surface area contributed by atoms with Gasteiger partial charge in [0.25, 0.3) is 0 Å². The van der Waals surface area contributed by atoms with E-state index in [2.05, 4.69) is 52.8 Å². The number of nitrogens with zero attached hydrogens (tertiary/aromatic N) is 3. The van der Waals surface area contributed by atoms with Crippen molar-refractivity contribution in [3.63, 3.8) is 0 Å². The van der Waals surface area contributed by atoms with E-state index in [1.807, 2.05) is 13.1 Å². The van der Waals surface area contributed by atoms with Gasteiger partial charge in [0, 0.05) is 63.7 Å². The average molecular weight is 546 g/mol. The molecule has 2 aliphatic rings. The van der Waals surface area contributed by atoms with Crippen LogP contribution in [0.4, 0.5) is 5.69 Å². The molecule has 38 heavy (non-hydrogen) atoms. The molecule has 2 unspecified atom stereocenters. The zero-order valence-electron chi connectivity index (χ0n) is 23.6. The Hall–Kier alpha value is -2.03. The molecule has 0 radical (unpaired) electrons. The smallest absolute Gasteiger partial charge is 0.139 e. The number of anilines is 1. The molecule has 3 atom stereocenters. The van der Waals surface area contributed by atoms with E-state index in [0.717, 1.165) is 43.2 Å².